The quantitative estimate of drug-likeness (QED) is 0.548. The van der Waals surface area contributed by atoms with Crippen LogP contribution < -0.4 is 15.0 Å². The number of nitrogens with zero attached hydrogens (tertiary/aromatic N) is 2. The molecule has 4 rings (SSSR count). The van der Waals surface area contributed by atoms with E-state index in [-0.39, 0.29) is 0 Å². The van der Waals surface area contributed by atoms with Crippen LogP contribution >= 0.6 is 0 Å². The highest BCUT2D eigenvalue weighted by atomic mass is 16.5. The Bertz CT molecular complexity index is 877. The largest absolute Gasteiger partial charge is 0.490 e. The molecule has 1 fully saturated rings. The Hall–Kier alpha value is -2.62. The van der Waals surface area contributed by atoms with E-state index in [2.05, 4.69) is 42.0 Å². The van der Waals surface area contributed by atoms with E-state index in [0.717, 1.165) is 71.0 Å². The lowest BCUT2D eigenvalue weighted by atomic mass is 9.94. The summed E-state index contributed by atoms with van der Waals surface area (Å²) in [5.41, 5.74) is 5.79. The molecule has 188 valence electrons. The Morgan fingerprint density at radius 2 is 1.74 bits per heavy atom. The van der Waals surface area contributed by atoms with Gasteiger partial charge >= 0.3 is 11.9 Å². The molecule has 1 aromatic carbocycles. The predicted octanol–water partition coefficient (Wildman–Crippen LogP) is 1.70. The van der Waals surface area contributed by atoms with Crippen molar-refractivity contribution in [2.24, 2.45) is 0 Å². The van der Waals surface area contributed by atoms with Crippen LogP contribution in [0, 0.1) is 6.92 Å². The van der Waals surface area contributed by atoms with Crippen molar-refractivity contribution in [3.05, 3.63) is 34.9 Å². The number of nitrogens with one attached hydrogen (secondary N) is 1. The monoisotopic (exact) mass is 475 g/mol. The Morgan fingerprint density at radius 1 is 1.09 bits per heavy atom. The number of carboxylic acid groups (broad SMARTS) is 2. The zero-order chi connectivity index (χ0) is 24.7. The number of anilines is 1. The van der Waals surface area contributed by atoms with Crippen LogP contribution in [0.5, 0.6) is 5.75 Å². The number of benzene rings is 1. The van der Waals surface area contributed by atoms with Crippen LogP contribution in [0.3, 0.4) is 0 Å². The van der Waals surface area contributed by atoms with Crippen molar-refractivity contribution >= 4 is 17.6 Å². The van der Waals surface area contributed by atoms with Crippen molar-refractivity contribution in [2.45, 2.75) is 45.8 Å². The van der Waals surface area contributed by atoms with Gasteiger partial charge < -0.3 is 29.9 Å². The minimum atomic E-state index is -1.26. The van der Waals surface area contributed by atoms with Gasteiger partial charge in [0.2, 0.25) is 0 Å². The van der Waals surface area contributed by atoms with Crippen LogP contribution in [0.25, 0.3) is 0 Å². The van der Waals surface area contributed by atoms with Gasteiger partial charge in [-0.05, 0) is 69.5 Å². The van der Waals surface area contributed by atoms with E-state index >= 15 is 0 Å². The van der Waals surface area contributed by atoms with Crippen LogP contribution in [0.4, 0.5) is 5.69 Å². The predicted molar refractivity (Wildman–Crippen MR) is 130 cm³/mol. The molecule has 34 heavy (non-hydrogen) atoms. The average Bonchev–Trinajstić information content (AvgIpc) is 3.02. The highest BCUT2D eigenvalue weighted by Gasteiger charge is 2.27. The number of carbonyl (C=O) groups is 2. The number of fused-ring (bicyclic) bond motifs is 2. The van der Waals surface area contributed by atoms with Gasteiger partial charge in [-0.3, -0.25) is 4.90 Å². The van der Waals surface area contributed by atoms with Crippen molar-refractivity contribution < 1.29 is 29.3 Å². The summed E-state index contributed by atoms with van der Waals surface area (Å²) in [4.78, 5) is 24.2. The van der Waals surface area contributed by atoms with Gasteiger partial charge in [0.25, 0.3) is 0 Å². The molecule has 0 radical (unpaired) electrons. The fourth-order valence-corrected chi connectivity index (χ4v) is 4.99. The highest BCUT2D eigenvalue weighted by molar-refractivity contribution is 5.89. The van der Waals surface area contributed by atoms with Gasteiger partial charge in [0.1, 0.15) is 12.4 Å². The summed E-state index contributed by atoms with van der Waals surface area (Å²) in [6, 6.07) is 2.32. The normalized spacial score (nSPS) is 22.6. The first kappa shape index (κ1) is 26.0. The van der Waals surface area contributed by atoms with Crippen LogP contribution in [-0.4, -0.2) is 91.7 Å². The summed E-state index contributed by atoms with van der Waals surface area (Å²) in [5, 5.41) is 19.2. The second kappa shape index (κ2) is 12.2. The zero-order valence-corrected chi connectivity index (χ0v) is 20.4. The third kappa shape index (κ3) is 7.19. The van der Waals surface area contributed by atoms with Crippen molar-refractivity contribution in [1.82, 2.24) is 10.2 Å². The number of hydrogen-bond acceptors (Lipinski definition) is 7. The summed E-state index contributed by atoms with van der Waals surface area (Å²) < 4.78 is 11.9. The molecule has 0 bridgehead atoms. The van der Waals surface area contributed by atoms with Crippen molar-refractivity contribution in [1.29, 1.82) is 0 Å². The van der Waals surface area contributed by atoms with Gasteiger partial charge in [0.05, 0.1) is 24.4 Å². The molecule has 0 amide bonds. The molecule has 9 heteroatoms. The van der Waals surface area contributed by atoms with Gasteiger partial charge in [-0.25, -0.2) is 9.59 Å². The van der Waals surface area contributed by atoms with E-state index in [0.29, 0.717) is 24.4 Å². The van der Waals surface area contributed by atoms with E-state index < -0.39 is 11.9 Å². The van der Waals surface area contributed by atoms with E-state index in [9.17, 15) is 9.59 Å². The molecule has 0 spiro atoms. The number of aliphatic carboxylic acids is 2. The van der Waals surface area contributed by atoms with Crippen LogP contribution in [0.1, 0.15) is 30.5 Å². The molecular weight excluding hydrogens is 438 g/mol. The lowest BCUT2D eigenvalue weighted by Crippen LogP contribution is -2.48. The summed E-state index contributed by atoms with van der Waals surface area (Å²) in [6.07, 6.45) is 4.02. The summed E-state index contributed by atoms with van der Waals surface area (Å²) in [7, 11) is 0. The summed E-state index contributed by atoms with van der Waals surface area (Å²) in [5.74, 6) is -1.42. The molecule has 0 aliphatic carbocycles. The van der Waals surface area contributed by atoms with Crippen molar-refractivity contribution in [3.8, 4) is 5.75 Å². The smallest absolute Gasteiger partial charge is 0.328 e. The van der Waals surface area contributed by atoms with E-state index in [1.165, 1.54) is 22.4 Å². The van der Waals surface area contributed by atoms with E-state index in [4.69, 9.17) is 19.7 Å². The maximum absolute atomic E-state index is 9.55. The van der Waals surface area contributed by atoms with Crippen LogP contribution in [-0.2, 0) is 27.2 Å². The lowest BCUT2D eigenvalue weighted by molar-refractivity contribution is -0.134. The maximum atomic E-state index is 9.55. The Balaban J connectivity index is 0.000000350. The van der Waals surface area contributed by atoms with Crippen molar-refractivity contribution in [2.75, 3.05) is 57.3 Å². The molecule has 0 aromatic heterocycles. The highest BCUT2D eigenvalue weighted by Crippen LogP contribution is 2.39. The molecule has 1 saturated heterocycles. The Labute approximate surface area is 201 Å². The average molecular weight is 476 g/mol. The van der Waals surface area contributed by atoms with Crippen LogP contribution in [0.2, 0.25) is 0 Å². The second-order valence-electron chi connectivity index (χ2n) is 9.10. The maximum Gasteiger partial charge on any atom is 0.328 e. The third-order valence-corrected chi connectivity index (χ3v) is 6.34. The SMILES string of the molecule is Cc1c2c(cc3c1N(CCN1C[C@@H](C)O[C@@H](C)C1)CCO3)CCNCC2.O=C(O)/C=C/C(=O)O. The van der Waals surface area contributed by atoms with Crippen molar-refractivity contribution in [3.63, 3.8) is 0 Å². The van der Waals surface area contributed by atoms with E-state index in [1.54, 1.807) is 0 Å². The van der Waals surface area contributed by atoms with Gasteiger partial charge in [-0.15, -0.1) is 0 Å². The fourth-order valence-electron chi connectivity index (χ4n) is 4.99. The first-order chi connectivity index (χ1) is 16.2. The third-order valence-electron chi connectivity index (χ3n) is 6.34. The molecular formula is C25H37N3O6. The van der Waals surface area contributed by atoms with E-state index in [1.807, 2.05) is 0 Å². The Kier molecular flexibility index (Phi) is 9.32. The van der Waals surface area contributed by atoms with Gasteiger partial charge in [-0.2, -0.15) is 0 Å². The second-order valence-corrected chi connectivity index (χ2v) is 9.10. The van der Waals surface area contributed by atoms with Gasteiger partial charge in [0.15, 0.2) is 0 Å². The van der Waals surface area contributed by atoms with Crippen LogP contribution in [0.15, 0.2) is 18.2 Å². The zero-order valence-electron chi connectivity index (χ0n) is 20.4. The molecule has 1 aromatic rings. The molecule has 3 aliphatic rings. The van der Waals surface area contributed by atoms with Gasteiger partial charge in [0, 0.05) is 38.3 Å². The molecule has 2 atom stereocenters. The molecule has 0 unspecified atom stereocenters. The molecule has 0 saturated carbocycles. The number of rotatable bonds is 5. The summed E-state index contributed by atoms with van der Waals surface area (Å²) >= 11 is 0. The molecule has 9 nitrogen and oxygen atoms in total. The number of hydrogen-bond donors (Lipinski definition) is 3. The fraction of sp³-hybridized carbons (Fsp3) is 0.600. The van der Waals surface area contributed by atoms with Gasteiger partial charge in [-0.1, -0.05) is 0 Å². The first-order valence-electron chi connectivity index (χ1n) is 12.0. The minimum Gasteiger partial charge on any atom is -0.490 e. The molecule has 3 aliphatic heterocycles. The number of carboxylic acids is 2. The summed E-state index contributed by atoms with van der Waals surface area (Å²) in [6.45, 7) is 14.8. The standard InChI is InChI=1S/C21H33N3O2.C4H4O4/c1-15-13-23(14-16(2)26-15)8-9-24-10-11-25-20-12-18-4-6-22-7-5-19(18)17(3)21(20)24;5-3(6)1-2-4(7)8/h12,15-16,22H,4-11,13-14H2,1-3H3;1-2H,(H,5,6)(H,7,8)/b;2-1+/t15-,16+;. The first-order valence-corrected chi connectivity index (χ1v) is 12.0. The molecule has 3 N–H and O–H groups in total. The topological polar surface area (TPSA) is 112 Å². The lowest BCUT2D eigenvalue weighted by Gasteiger charge is -2.38. The minimum absolute atomic E-state index is 0.334. The number of ether oxygens (including phenoxy) is 2. The number of morpholine rings is 1. The molecule has 3 heterocycles. The Morgan fingerprint density at radius 3 is 2.38 bits per heavy atom.